The molecule has 1 aliphatic heterocycles. The number of benzene rings is 3. The van der Waals surface area contributed by atoms with E-state index in [1.54, 1.807) is 0 Å². The van der Waals surface area contributed by atoms with Gasteiger partial charge in [0.1, 0.15) is 28.9 Å². The number of aliphatic hydroxyl groups excluding tert-OH is 1. The number of halogens is 3. The summed E-state index contributed by atoms with van der Waals surface area (Å²) in [5.74, 6) is -4.61. The van der Waals surface area contributed by atoms with Crippen LogP contribution in [0.3, 0.4) is 0 Å². The molecule has 3 aromatic carbocycles. The molecule has 1 amide bonds. The van der Waals surface area contributed by atoms with Crippen LogP contribution in [0, 0.1) is 11.6 Å². The summed E-state index contributed by atoms with van der Waals surface area (Å²) in [7, 11) is 1.36. The highest BCUT2D eigenvalue weighted by Crippen LogP contribution is 2.44. The van der Waals surface area contributed by atoms with Crippen molar-refractivity contribution in [1.82, 2.24) is 0 Å². The van der Waals surface area contributed by atoms with Crippen molar-refractivity contribution in [2.75, 3.05) is 12.0 Å². The highest BCUT2D eigenvalue weighted by atomic mass is 35.5. The number of aromatic hydroxyl groups is 1. The molecule has 1 saturated heterocycles. The molecule has 0 aliphatic carbocycles. The van der Waals surface area contributed by atoms with Gasteiger partial charge >= 0.3 is 0 Å². The van der Waals surface area contributed by atoms with Crippen LogP contribution in [-0.4, -0.2) is 29.0 Å². The van der Waals surface area contributed by atoms with Crippen LogP contribution in [0.15, 0.2) is 66.2 Å². The van der Waals surface area contributed by atoms with Crippen molar-refractivity contribution in [1.29, 1.82) is 0 Å². The largest absolute Gasteiger partial charge is 0.508 e. The number of amides is 1. The van der Waals surface area contributed by atoms with E-state index < -0.39 is 40.8 Å². The van der Waals surface area contributed by atoms with Crippen LogP contribution in [0.25, 0.3) is 5.76 Å². The van der Waals surface area contributed by atoms with Crippen molar-refractivity contribution in [3.8, 4) is 11.5 Å². The molecule has 2 N–H and O–H groups in total. The number of rotatable bonds is 4. The number of Topliss-reactive ketones (excluding diaryl/α,β-unsaturated/α-hetero) is 1. The molecule has 6 nitrogen and oxygen atoms in total. The number of ketones is 1. The van der Waals surface area contributed by atoms with E-state index in [-0.39, 0.29) is 33.2 Å². The summed E-state index contributed by atoms with van der Waals surface area (Å²) in [5.41, 5.74) is -0.559. The molecule has 33 heavy (non-hydrogen) atoms. The Morgan fingerprint density at radius 1 is 1.06 bits per heavy atom. The van der Waals surface area contributed by atoms with Crippen LogP contribution in [0.5, 0.6) is 11.5 Å². The highest BCUT2D eigenvalue weighted by Gasteiger charge is 2.48. The van der Waals surface area contributed by atoms with Gasteiger partial charge in [0.2, 0.25) is 0 Å². The normalized spacial score (nSPS) is 17.5. The molecule has 168 valence electrons. The lowest BCUT2D eigenvalue weighted by molar-refractivity contribution is -0.132. The fourth-order valence-corrected chi connectivity index (χ4v) is 3.92. The van der Waals surface area contributed by atoms with Gasteiger partial charge < -0.3 is 14.9 Å². The Balaban J connectivity index is 1.99. The zero-order valence-corrected chi connectivity index (χ0v) is 17.8. The van der Waals surface area contributed by atoms with Crippen LogP contribution in [0.2, 0.25) is 5.02 Å². The monoisotopic (exact) mass is 471 g/mol. The first kappa shape index (κ1) is 22.3. The Bertz CT molecular complexity index is 1320. The van der Waals surface area contributed by atoms with Gasteiger partial charge in [-0.1, -0.05) is 23.7 Å². The zero-order valence-electron chi connectivity index (χ0n) is 17.1. The third kappa shape index (κ3) is 3.89. The molecular formula is C24H16ClF2NO5. The van der Waals surface area contributed by atoms with Crippen molar-refractivity contribution in [3.63, 3.8) is 0 Å². The lowest BCUT2D eigenvalue weighted by Gasteiger charge is -2.26. The van der Waals surface area contributed by atoms with Gasteiger partial charge in [-0.05, 0) is 48.0 Å². The van der Waals surface area contributed by atoms with Gasteiger partial charge in [0, 0.05) is 11.6 Å². The summed E-state index contributed by atoms with van der Waals surface area (Å²) in [6, 6.07) is 10.9. The Kier molecular flexibility index (Phi) is 5.78. The van der Waals surface area contributed by atoms with Crippen LogP contribution in [0.4, 0.5) is 14.5 Å². The second-order valence-corrected chi connectivity index (χ2v) is 7.62. The number of carbonyl (C=O) groups excluding carboxylic acids is 2. The van der Waals surface area contributed by atoms with E-state index in [9.17, 15) is 28.6 Å². The number of phenolic OH excluding ortho intramolecular Hbond substituents is 1. The van der Waals surface area contributed by atoms with Crippen molar-refractivity contribution in [3.05, 3.63) is 94.0 Å². The molecule has 0 spiro atoms. The van der Waals surface area contributed by atoms with E-state index in [1.807, 2.05) is 0 Å². The summed E-state index contributed by atoms with van der Waals surface area (Å²) < 4.78 is 33.7. The number of aliphatic hydroxyl groups is 1. The number of nitrogens with zero attached hydrogens (tertiary/aromatic N) is 1. The molecule has 0 saturated carbocycles. The van der Waals surface area contributed by atoms with E-state index >= 15 is 0 Å². The maximum absolute atomic E-state index is 14.7. The Morgan fingerprint density at radius 2 is 1.82 bits per heavy atom. The molecule has 1 aliphatic rings. The van der Waals surface area contributed by atoms with E-state index in [4.69, 9.17) is 16.3 Å². The van der Waals surface area contributed by atoms with Crippen LogP contribution < -0.4 is 9.64 Å². The molecule has 9 heteroatoms. The average Bonchev–Trinajstić information content (AvgIpc) is 3.06. The fourth-order valence-electron chi connectivity index (χ4n) is 3.72. The molecule has 1 heterocycles. The molecule has 0 bridgehead atoms. The van der Waals surface area contributed by atoms with Crippen molar-refractivity contribution in [2.45, 2.75) is 6.04 Å². The van der Waals surface area contributed by atoms with E-state index in [2.05, 4.69) is 0 Å². The first-order chi connectivity index (χ1) is 15.7. The Labute approximate surface area is 191 Å². The fraction of sp³-hybridized carbons (Fsp3) is 0.0833. The van der Waals surface area contributed by atoms with Gasteiger partial charge in [0.05, 0.1) is 29.4 Å². The minimum atomic E-state index is -1.35. The Morgan fingerprint density at radius 3 is 2.52 bits per heavy atom. The minimum Gasteiger partial charge on any atom is -0.508 e. The van der Waals surface area contributed by atoms with E-state index in [0.29, 0.717) is 0 Å². The minimum absolute atomic E-state index is 0.110. The molecule has 1 unspecified atom stereocenters. The quantitative estimate of drug-likeness (QED) is 0.319. The van der Waals surface area contributed by atoms with Crippen molar-refractivity contribution in [2.24, 2.45) is 0 Å². The smallest absolute Gasteiger partial charge is 0.300 e. The molecule has 1 fully saturated rings. The van der Waals surface area contributed by atoms with Crippen LogP contribution >= 0.6 is 11.6 Å². The third-order valence-electron chi connectivity index (χ3n) is 5.22. The molecule has 4 rings (SSSR count). The Hall–Kier alpha value is -3.91. The van der Waals surface area contributed by atoms with Gasteiger partial charge in [0.15, 0.2) is 0 Å². The van der Waals surface area contributed by atoms with Crippen molar-refractivity contribution >= 4 is 34.7 Å². The summed E-state index contributed by atoms with van der Waals surface area (Å²) in [6.45, 7) is 0. The number of hydrogen-bond acceptors (Lipinski definition) is 5. The van der Waals surface area contributed by atoms with Gasteiger partial charge in [-0.25, -0.2) is 8.78 Å². The first-order valence-electron chi connectivity index (χ1n) is 9.61. The van der Waals surface area contributed by atoms with Crippen LogP contribution in [-0.2, 0) is 9.59 Å². The number of ether oxygens (including phenoxy) is 1. The predicted molar refractivity (Wildman–Crippen MR) is 117 cm³/mol. The average molecular weight is 472 g/mol. The summed E-state index contributed by atoms with van der Waals surface area (Å²) in [4.78, 5) is 26.8. The SMILES string of the molecule is COc1cc(/C(O)=C2\C(=O)C(=O)N(c3cc(F)ccc3F)C2c2cccc(O)c2)ccc1Cl. The second-order valence-electron chi connectivity index (χ2n) is 7.21. The number of anilines is 1. The van der Waals surface area contributed by atoms with Crippen molar-refractivity contribution < 1.29 is 33.3 Å². The number of hydrogen-bond donors (Lipinski definition) is 2. The van der Waals surface area contributed by atoms with Gasteiger partial charge in [0.25, 0.3) is 11.7 Å². The van der Waals surface area contributed by atoms with Gasteiger partial charge in [-0.2, -0.15) is 0 Å². The second kappa shape index (κ2) is 8.55. The molecule has 1 atom stereocenters. The van der Waals surface area contributed by atoms with Gasteiger partial charge in [-0.3, -0.25) is 14.5 Å². The molecule has 0 aromatic heterocycles. The summed E-state index contributed by atoms with van der Waals surface area (Å²) in [6.07, 6.45) is 0. The maximum Gasteiger partial charge on any atom is 0.300 e. The summed E-state index contributed by atoms with van der Waals surface area (Å²) >= 11 is 6.03. The van der Waals surface area contributed by atoms with Crippen LogP contribution in [0.1, 0.15) is 17.2 Å². The predicted octanol–water partition coefficient (Wildman–Crippen LogP) is 4.96. The zero-order chi connectivity index (χ0) is 23.9. The topological polar surface area (TPSA) is 87.1 Å². The maximum atomic E-state index is 14.7. The summed E-state index contributed by atoms with van der Waals surface area (Å²) in [5, 5.41) is 21.3. The van der Waals surface area contributed by atoms with E-state index in [0.717, 1.165) is 23.1 Å². The molecular weight excluding hydrogens is 456 g/mol. The van der Waals surface area contributed by atoms with Gasteiger partial charge in [-0.15, -0.1) is 0 Å². The highest BCUT2D eigenvalue weighted by molar-refractivity contribution is 6.51. The number of carbonyl (C=O) groups is 2. The lowest BCUT2D eigenvalue weighted by Crippen LogP contribution is -2.30. The number of methoxy groups -OCH3 is 1. The first-order valence-corrected chi connectivity index (χ1v) is 9.99. The molecule has 0 radical (unpaired) electrons. The standard InChI is InChI=1S/C24H16ClF2NO5/c1-33-19-10-13(5-7-16(19)25)22(30)20-21(12-3-2-4-15(29)9-12)28(24(32)23(20)31)18-11-14(26)6-8-17(18)27/h2-11,21,29-30H,1H3/b22-20+. The number of phenols is 1. The lowest BCUT2D eigenvalue weighted by atomic mass is 9.95. The van der Waals surface area contributed by atoms with E-state index in [1.165, 1.54) is 49.6 Å². The molecule has 3 aromatic rings. The third-order valence-corrected chi connectivity index (χ3v) is 5.53.